The Morgan fingerprint density at radius 3 is 1.44 bits per heavy atom. The summed E-state index contributed by atoms with van der Waals surface area (Å²) in [7, 11) is 0. The van der Waals surface area contributed by atoms with Gasteiger partial charge in [0.1, 0.15) is 0 Å². The van der Waals surface area contributed by atoms with Crippen molar-refractivity contribution in [3.05, 3.63) is 0 Å². The number of halogens is 2. The molecule has 0 aliphatic heterocycles. The zero-order valence-corrected chi connectivity index (χ0v) is 12.7. The van der Waals surface area contributed by atoms with Gasteiger partial charge in [-0.25, -0.2) is 0 Å². The Balaban J connectivity index is -0.000000845. The lowest BCUT2D eigenvalue weighted by Crippen LogP contribution is -2.29. The van der Waals surface area contributed by atoms with E-state index in [1.54, 1.807) is 0 Å². The molecule has 0 aromatic heterocycles. The first-order valence-electron chi connectivity index (χ1n) is 5.63. The number of hydrogen-bond donors (Lipinski definition) is 1. The molecule has 0 saturated carbocycles. The number of carbonyl (C=O) groups is 1. The van der Waals surface area contributed by atoms with Crippen LogP contribution in [0, 0.1) is 23.7 Å². The summed E-state index contributed by atoms with van der Waals surface area (Å²) in [4.78, 5) is 11.1. The van der Waals surface area contributed by atoms with Gasteiger partial charge in [-0.05, 0) is 30.6 Å². The third kappa shape index (κ3) is 9.29. The predicted molar refractivity (Wildman–Crippen MR) is 75.3 cm³/mol. The van der Waals surface area contributed by atoms with Gasteiger partial charge < -0.3 is 5.73 Å². The van der Waals surface area contributed by atoms with E-state index in [4.69, 9.17) is 5.73 Å². The van der Waals surface area contributed by atoms with Gasteiger partial charge in [0.15, 0.2) is 0 Å². The van der Waals surface area contributed by atoms with Crippen LogP contribution in [0.4, 0.5) is 0 Å². The Morgan fingerprint density at radius 2 is 1.25 bits per heavy atom. The molecule has 0 aromatic rings. The van der Waals surface area contributed by atoms with E-state index in [0.29, 0.717) is 17.8 Å². The predicted octanol–water partition coefficient (Wildman–Crippen LogP) is 3.66. The van der Waals surface area contributed by atoms with Crippen molar-refractivity contribution in [1.82, 2.24) is 0 Å². The van der Waals surface area contributed by atoms with Crippen molar-refractivity contribution in [1.29, 1.82) is 0 Å². The molecule has 2 nitrogen and oxygen atoms in total. The average Bonchev–Trinajstić information content (AvgIpc) is 1.99. The van der Waals surface area contributed by atoms with Crippen molar-refractivity contribution < 1.29 is 4.79 Å². The molecule has 1 amide bonds. The fraction of sp³-hybridized carbons (Fsp3) is 0.917. The minimum atomic E-state index is -0.156. The first kappa shape index (κ1) is 21.3. The number of carbonyl (C=O) groups excluding carboxylic acids is 1. The molecular formula is C12H27Cl2NO. The van der Waals surface area contributed by atoms with Crippen LogP contribution in [0.1, 0.15) is 47.5 Å². The van der Waals surface area contributed by atoms with Gasteiger partial charge in [0.2, 0.25) is 5.91 Å². The largest absolute Gasteiger partial charge is 0.369 e. The normalized spacial score (nSPS) is 12.2. The molecule has 0 saturated heterocycles. The Morgan fingerprint density at radius 1 is 0.938 bits per heavy atom. The molecule has 100 valence electrons. The molecule has 0 rings (SSSR count). The van der Waals surface area contributed by atoms with Crippen molar-refractivity contribution in [2.45, 2.75) is 47.5 Å². The maximum Gasteiger partial charge on any atom is 0.220 e. The molecule has 0 heterocycles. The van der Waals surface area contributed by atoms with Gasteiger partial charge in [-0.3, -0.25) is 4.79 Å². The van der Waals surface area contributed by atoms with E-state index in [2.05, 4.69) is 27.7 Å². The van der Waals surface area contributed by atoms with Crippen molar-refractivity contribution in [2.24, 2.45) is 29.4 Å². The molecule has 0 aliphatic carbocycles. The van der Waals surface area contributed by atoms with Crippen LogP contribution in [-0.4, -0.2) is 5.91 Å². The van der Waals surface area contributed by atoms with Crippen molar-refractivity contribution in [3.8, 4) is 0 Å². The molecule has 0 radical (unpaired) electrons. The molecule has 1 unspecified atom stereocenters. The Hall–Kier alpha value is 0.0500. The van der Waals surface area contributed by atoms with Crippen molar-refractivity contribution >= 4 is 30.7 Å². The van der Waals surface area contributed by atoms with Crippen LogP contribution in [0.15, 0.2) is 0 Å². The SMILES string of the molecule is CC(C)CC(CC(C)C)C(C)C(N)=O.Cl.Cl. The first-order valence-corrected chi connectivity index (χ1v) is 5.63. The first-order chi connectivity index (χ1) is 6.34. The Kier molecular flexibility index (Phi) is 13.6. The number of rotatable bonds is 6. The number of amides is 1. The van der Waals surface area contributed by atoms with E-state index >= 15 is 0 Å². The van der Waals surface area contributed by atoms with Crippen LogP contribution in [0.25, 0.3) is 0 Å². The highest BCUT2D eigenvalue weighted by molar-refractivity contribution is 5.85. The van der Waals surface area contributed by atoms with E-state index in [1.807, 2.05) is 6.92 Å². The summed E-state index contributed by atoms with van der Waals surface area (Å²) in [5, 5.41) is 0. The molecule has 0 bridgehead atoms. The van der Waals surface area contributed by atoms with Crippen molar-refractivity contribution in [3.63, 3.8) is 0 Å². The van der Waals surface area contributed by atoms with Gasteiger partial charge in [0, 0.05) is 5.92 Å². The zero-order valence-electron chi connectivity index (χ0n) is 11.0. The molecule has 0 spiro atoms. The van der Waals surface area contributed by atoms with Gasteiger partial charge in [0.25, 0.3) is 0 Å². The monoisotopic (exact) mass is 271 g/mol. The molecule has 0 fully saturated rings. The van der Waals surface area contributed by atoms with Gasteiger partial charge in [0.05, 0.1) is 0 Å². The fourth-order valence-electron chi connectivity index (χ4n) is 1.95. The molecule has 2 N–H and O–H groups in total. The fourth-order valence-corrected chi connectivity index (χ4v) is 1.95. The second-order valence-electron chi connectivity index (χ2n) is 5.21. The lowest BCUT2D eigenvalue weighted by atomic mass is 9.81. The van der Waals surface area contributed by atoms with E-state index in [0.717, 1.165) is 12.8 Å². The van der Waals surface area contributed by atoms with Gasteiger partial charge >= 0.3 is 0 Å². The highest BCUT2D eigenvalue weighted by atomic mass is 35.5. The molecule has 1 atom stereocenters. The van der Waals surface area contributed by atoms with Crippen molar-refractivity contribution in [2.75, 3.05) is 0 Å². The zero-order chi connectivity index (χ0) is 11.3. The van der Waals surface area contributed by atoms with Gasteiger partial charge in [-0.1, -0.05) is 34.6 Å². The van der Waals surface area contributed by atoms with Gasteiger partial charge in [-0.2, -0.15) is 0 Å². The quantitative estimate of drug-likeness (QED) is 0.787. The maximum atomic E-state index is 11.1. The number of nitrogens with two attached hydrogens (primary N) is 1. The Labute approximate surface area is 113 Å². The number of primary amides is 1. The summed E-state index contributed by atoms with van der Waals surface area (Å²) < 4.78 is 0. The van der Waals surface area contributed by atoms with E-state index in [-0.39, 0.29) is 36.6 Å². The van der Waals surface area contributed by atoms with Crippen LogP contribution in [-0.2, 0) is 4.79 Å². The molecule has 16 heavy (non-hydrogen) atoms. The highest BCUT2D eigenvalue weighted by Crippen LogP contribution is 2.26. The molecular weight excluding hydrogens is 245 g/mol. The van der Waals surface area contributed by atoms with E-state index in [9.17, 15) is 4.79 Å². The third-order valence-electron chi connectivity index (χ3n) is 2.70. The summed E-state index contributed by atoms with van der Waals surface area (Å²) in [5.41, 5.74) is 5.35. The summed E-state index contributed by atoms with van der Waals surface area (Å²) in [6, 6.07) is 0. The summed E-state index contributed by atoms with van der Waals surface area (Å²) >= 11 is 0. The van der Waals surface area contributed by atoms with Crippen LogP contribution < -0.4 is 5.73 Å². The summed E-state index contributed by atoms with van der Waals surface area (Å²) in [6.07, 6.45) is 2.20. The third-order valence-corrected chi connectivity index (χ3v) is 2.70. The molecule has 0 aromatic carbocycles. The minimum Gasteiger partial charge on any atom is -0.369 e. The number of hydrogen-bond acceptors (Lipinski definition) is 1. The van der Waals surface area contributed by atoms with Gasteiger partial charge in [-0.15, -0.1) is 24.8 Å². The Bertz CT molecular complexity index is 174. The van der Waals surface area contributed by atoms with Crippen LogP contribution in [0.5, 0.6) is 0 Å². The topological polar surface area (TPSA) is 43.1 Å². The van der Waals surface area contributed by atoms with E-state index in [1.165, 1.54) is 0 Å². The minimum absolute atomic E-state index is 0. The maximum absolute atomic E-state index is 11.1. The lowest BCUT2D eigenvalue weighted by Gasteiger charge is -2.25. The summed E-state index contributed by atoms with van der Waals surface area (Å²) in [5.74, 6) is 1.59. The second kappa shape index (κ2) is 10.2. The van der Waals surface area contributed by atoms with Crippen LogP contribution in [0.3, 0.4) is 0 Å². The standard InChI is InChI=1S/C12H25NO.2ClH/c1-8(2)6-11(7-9(3)4)10(5)12(13)14;;/h8-11H,6-7H2,1-5H3,(H2,13,14);2*1H. The smallest absolute Gasteiger partial charge is 0.220 e. The second-order valence-corrected chi connectivity index (χ2v) is 5.21. The molecule has 0 aliphatic rings. The highest BCUT2D eigenvalue weighted by Gasteiger charge is 2.23. The van der Waals surface area contributed by atoms with E-state index < -0.39 is 0 Å². The van der Waals surface area contributed by atoms with Crippen LogP contribution >= 0.6 is 24.8 Å². The lowest BCUT2D eigenvalue weighted by molar-refractivity contribution is -0.123. The molecule has 4 heteroatoms. The summed E-state index contributed by atoms with van der Waals surface area (Å²) in [6.45, 7) is 10.7. The van der Waals surface area contributed by atoms with Crippen LogP contribution in [0.2, 0.25) is 0 Å². The average molecular weight is 272 g/mol.